The van der Waals surface area contributed by atoms with Crippen molar-refractivity contribution in [1.82, 2.24) is 0 Å². The Kier molecular flexibility index (Phi) is 8.27. The van der Waals surface area contributed by atoms with Crippen LogP contribution in [0.5, 0.6) is 11.5 Å². The Balaban J connectivity index is 1.96. The Hall–Kier alpha value is -3.50. The van der Waals surface area contributed by atoms with Crippen LogP contribution >= 0.6 is 11.6 Å². The molecule has 7 nitrogen and oxygen atoms in total. The van der Waals surface area contributed by atoms with Gasteiger partial charge >= 0.3 is 5.97 Å². The average Bonchev–Trinajstić information content (AvgIpc) is 2.73. The Bertz CT molecular complexity index is 998. The summed E-state index contributed by atoms with van der Waals surface area (Å²) in [5.41, 5.74) is 1.39. The number of esters is 1. The maximum Gasteiger partial charge on any atom is 0.331 e. The van der Waals surface area contributed by atoms with E-state index in [1.54, 1.807) is 24.3 Å². The van der Waals surface area contributed by atoms with Gasteiger partial charge < -0.3 is 19.5 Å². The fourth-order valence-electron chi connectivity index (χ4n) is 2.42. The summed E-state index contributed by atoms with van der Waals surface area (Å²) in [7, 11) is 1.53. The normalized spacial score (nSPS) is 11.4. The highest BCUT2D eigenvalue weighted by Gasteiger charge is 2.17. The number of hydrogen-bond acceptors (Lipinski definition) is 6. The van der Waals surface area contributed by atoms with Crippen molar-refractivity contribution in [1.29, 1.82) is 5.26 Å². The number of ether oxygens (including phenoxy) is 3. The van der Waals surface area contributed by atoms with Crippen LogP contribution in [0.15, 0.2) is 42.5 Å². The first kappa shape index (κ1) is 22.8. The molecule has 2 rings (SSSR count). The second kappa shape index (κ2) is 10.9. The van der Waals surface area contributed by atoms with Crippen molar-refractivity contribution in [3.8, 4) is 17.6 Å². The molecule has 0 aliphatic carbocycles. The number of amides is 1. The number of nitrogens with one attached hydrogen (secondary N) is 1. The predicted molar refractivity (Wildman–Crippen MR) is 114 cm³/mol. The van der Waals surface area contributed by atoms with Crippen LogP contribution in [0.4, 0.5) is 5.69 Å². The molecule has 1 N–H and O–H groups in total. The van der Waals surface area contributed by atoms with E-state index in [9.17, 15) is 9.59 Å². The molecule has 2 aromatic rings. The van der Waals surface area contributed by atoms with Crippen molar-refractivity contribution in [2.45, 2.75) is 20.0 Å². The summed E-state index contributed by atoms with van der Waals surface area (Å²) in [6.45, 7) is 3.83. The molecule has 2 aromatic carbocycles. The van der Waals surface area contributed by atoms with E-state index in [1.807, 2.05) is 13.0 Å². The highest BCUT2D eigenvalue weighted by molar-refractivity contribution is 6.32. The largest absolute Gasteiger partial charge is 0.493 e. The Morgan fingerprint density at radius 2 is 2.00 bits per heavy atom. The number of halogens is 1. The van der Waals surface area contributed by atoms with Gasteiger partial charge in [0.2, 0.25) is 0 Å². The van der Waals surface area contributed by atoms with Crippen LogP contribution in [-0.2, 0) is 14.3 Å². The van der Waals surface area contributed by atoms with Gasteiger partial charge in [-0.3, -0.25) is 4.79 Å². The highest BCUT2D eigenvalue weighted by atomic mass is 35.5. The zero-order chi connectivity index (χ0) is 22.1. The van der Waals surface area contributed by atoms with Crippen molar-refractivity contribution in [2.24, 2.45) is 0 Å². The fraction of sp³-hybridized carbons (Fsp3) is 0.227. The number of hydrogen-bond donors (Lipinski definition) is 1. The zero-order valence-electron chi connectivity index (χ0n) is 16.8. The molecule has 0 spiro atoms. The third-order valence-electron chi connectivity index (χ3n) is 3.92. The Labute approximate surface area is 179 Å². The number of nitrogens with zero attached hydrogens (tertiary/aromatic N) is 1. The summed E-state index contributed by atoms with van der Waals surface area (Å²) in [6, 6.07) is 11.6. The van der Waals surface area contributed by atoms with Gasteiger partial charge in [0.25, 0.3) is 5.91 Å². The molecular weight excluding hydrogens is 408 g/mol. The van der Waals surface area contributed by atoms with Crippen LogP contribution in [0.3, 0.4) is 0 Å². The molecule has 1 atom stereocenters. The number of carbonyl (C=O) groups is 2. The summed E-state index contributed by atoms with van der Waals surface area (Å²) in [5.74, 6) is -0.0576. The average molecular weight is 429 g/mol. The van der Waals surface area contributed by atoms with E-state index < -0.39 is 18.0 Å². The van der Waals surface area contributed by atoms with E-state index in [4.69, 9.17) is 31.1 Å². The fourth-order valence-corrected chi connectivity index (χ4v) is 2.64. The lowest BCUT2D eigenvalue weighted by molar-refractivity contribution is -0.148. The topological polar surface area (TPSA) is 97.6 Å². The summed E-state index contributed by atoms with van der Waals surface area (Å²) >= 11 is 5.94. The van der Waals surface area contributed by atoms with Gasteiger partial charge in [0, 0.05) is 11.8 Å². The van der Waals surface area contributed by atoms with Crippen LogP contribution in [-0.4, -0.2) is 31.7 Å². The molecule has 1 unspecified atom stereocenters. The molecule has 0 radical (unpaired) electrons. The Morgan fingerprint density at radius 3 is 2.63 bits per heavy atom. The van der Waals surface area contributed by atoms with Crippen molar-refractivity contribution in [2.75, 3.05) is 19.0 Å². The van der Waals surface area contributed by atoms with Gasteiger partial charge in [-0.15, -0.1) is 0 Å². The maximum atomic E-state index is 12.2. The molecule has 0 heterocycles. The standard InChI is InChI=1S/C22H21ClN2O5/c1-4-29-19-9-5-15(11-20(19)28-3)6-10-21(26)30-14(2)22(27)25-17-8-7-16(13-24)18(23)12-17/h5-12,14H,4H2,1-3H3,(H,25,27)/b10-6+. The lowest BCUT2D eigenvalue weighted by Gasteiger charge is -2.13. The molecule has 156 valence electrons. The van der Waals surface area contributed by atoms with Crippen LogP contribution in [0.1, 0.15) is 25.0 Å². The molecule has 0 bridgehead atoms. The zero-order valence-corrected chi connectivity index (χ0v) is 17.5. The first-order valence-electron chi connectivity index (χ1n) is 9.08. The van der Waals surface area contributed by atoms with Gasteiger partial charge in [-0.1, -0.05) is 17.7 Å². The first-order chi connectivity index (χ1) is 14.4. The molecule has 0 saturated heterocycles. The monoisotopic (exact) mass is 428 g/mol. The van der Waals surface area contributed by atoms with Crippen LogP contribution in [0, 0.1) is 11.3 Å². The molecule has 0 aliphatic heterocycles. The number of anilines is 1. The van der Waals surface area contributed by atoms with Crippen LogP contribution < -0.4 is 14.8 Å². The van der Waals surface area contributed by atoms with Crippen molar-refractivity contribution >= 4 is 35.2 Å². The summed E-state index contributed by atoms with van der Waals surface area (Å²) in [6.07, 6.45) is 1.73. The smallest absolute Gasteiger partial charge is 0.331 e. The van der Waals surface area contributed by atoms with Crippen LogP contribution in [0.2, 0.25) is 5.02 Å². The lowest BCUT2D eigenvalue weighted by atomic mass is 10.2. The van der Waals surface area contributed by atoms with Gasteiger partial charge in [0.1, 0.15) is 6.07 Å². The maximum absolute atomic E-state index is 12.2. The van der Waals surface area contributed by atoms with E-state index >= 15 is 0 Å². The third kappa shape index (κ3) is 6.26. The Morgan fingerprint density at radius 1 is 1.23 bits per heavy atom. The lowest BCUT2D eigenvalue weighted by Crippen LogP contribution is -2.29. The SMILES string of the molecule is CCOc1ccc(/C=C/C(=O)OC(C)C(=O)Nc2ccc(C#N)c(Cl)c2)cc1OC. The number of benzene rings is 2. The second-order valence-electron chi connectivity index (χ2n) is 6.05. The molecule has 1 amide bonds. The molecule has 8 heteroatoms. The van der Waals surface area contributed by atoms with E-state index in [-0.39, 0.29) is 5.02 Å². The van der Waals surface area contributed by atoms with Crippen molar-refractivity contribution < 1.29 is 23.8 Å². The third-order valence-corrected chi connectivity index (χ3v) is 4.23. The van der Waals surface area contributed by atoms with Gasteiger partial charge in [0.05, 0.1) is 24.3 Å². The van der Waals surface area contributed by atoms with E-state index in [0.717, 1.165) is 0 Å². The minimum absolute atomic E-state index is 0.216. The van der Waals surface area contributed by atoms with Gasteiger partial charge in [0.15, 0.2) is 17.6 Å². The molecule has 0 fully saturated rings. The van der Waals surface area contributed by atoms with Crippen molar-refractivity contribution in [3.05, 3.63) is 58.6 Å². The minimum Gasteiger partial charge on any atom is -0.493 e. The number of rotatable bonds is 8. The highest BCUT2D eigenvalue weighted by Crippen LogP contribution is 2.28. The molecule has 0 saturated carbocycles. The second-order valence-corrected chi connectivity index (χ2v) is 6.46. The molecular formula is C22H21ClN2O5. The number of nitriles is 1. The molecule has 30 heavy (non-hydrogen) atoms. The van der Waals surface area contributed by atoms with Crippen molar-refractivity contribution in [3.63, 3.8) is 0 Å². The molecule has 0 aromatic heterocycles. The van der Waals surface area contributed by atoms with E-state index in [2.05, 4.69) is 5.32 Å². The first-order valence-corrected chi connectivity index (χ1v) is 9.45. The summed E-state index contributed by atoms with van der Waals surface area (Å²) in [4.78, 5) is 24.3. The summed E-state index contributed by atoms with van der Waals surface area (Å²) in [5, 5.41) is 11.7. The van der Waals surface area contributed by atoms with Gasteiger partial charge in [-0.05, 0) is 55.8 Å². The predicted octanol–water partition coefficient (Wildman–Crippen LogP) is 4.20. The van der Waals surface area contributed by atoms with E-state index in [0.29, 0.717) is 34.9 Å². The molecule has 0 aliphatic rings. The number of carbonyl (C=O) groups excluding carboxylic acids is 2. The van der Waals surface area contributed by atoms with Gasteiger partial charge in [-0.25, -0.2) is 4.79 Å². The number of methoxy groups -OCH3 is 1. The quantitative estimate of drug-likeness (QED) is 0.499. The van der Waals surface area contributed by atoms with E-state index in [1.165, 1.54) is 38.3 Å². The summed E-state index contributed by atoms with van der Waals surface area (Å²) < 4.78 is 15.8. The van der Waals surface area contributed by atoms with Gasteiger partial charge in [-0.2, -0.15) is 5.26 Å². The van der Waals surface area contributed by atoms with Crippen LogP contribution in [0.25, 0.3) is 6.08 Å². The minimum atomic E-state index is -1.04.